The summed E-state index contributed by atoms with van der Waals surface area (Å²) >= 11 is 0. The number of fused-ring (bicyclic) bond motifs is 1. The first kappa shape index (κ1) is 10.5. The maximum absolute atomic E-state index is 11.0. The van der Waals surface area contributed by atoms with E-state index in [4.69, 9.17) is 0 Å². The molecule has 0 bridgehead atoms. The van der Waals surface area contributed by atoms with Crippen LogP contribution in [0.15, 0.2) is 29.3 Å². The monoisotopic (exact) mass is 219 g/mol. The van der Waals surface area contributed by atoms with Crippen LogP contribution in [-0.2, 0) is 4.74 Å². The van der Waals surface area contributed by atoms with Gasteiger partial charge in [-0.25, -0.2) is 9.79 Å². The fourth-order valence-corrected chi connectivity index (χ4v) is 1.61. The summed E-state index contributed by atoms with van der Waals surface area (Å²) in [7, 11) is 1.32. The fraction of sp³-hybridized carbons (Fsp3) is 0.273. The molecule has 16 heavy (non-hydrogen) atoms. The lowest BCUT2D eigenvalue weighted by atomic mass is 10.1. The van der Waals surface area contributed by atoms with E-state index in [2.05, 4.69) is 20.4 Å². The molecule has 0 spiro atoms. The van der Waals surface area contributed by atoms with Gasteiger partial charge in [-0.2, -0.15) is 0 Å². The summed E-state index contributed by atoms with van der Waals surface area (Å²) in [6.45, 7) is 1.97. The smallest absolute Gasteiger partial charge is 0.413 e. The number of para-hydroxylation sites is 1. The molecule has 0 saturated carbocycles. The highest BCUT2D eigenvalue weighted by atomic mass is 16.5. The van der Waals surface area contributed by atoms with Crippen molar-refractivity contribution in [3.05, 3.63) is 29.8 Å². The molecule has 1 aromatic carbocycles. The number of aliphatic imine (C=N–C) groups is 1. The first-order chi connectivity index (χ1) is 7.70. The van der Waals surface area contributed by atoms with Gasteiger partial charge in [0, 0.05) is 5.69 Å². The van der Waals surface area contributed by atoms with Gasteiger partial charge >= 0.3 is 6.09 Å². The molecule has 1 aliphatic heterocycles. The predicted molar refractivity (Wildman–Crippen MR) is 61.5 cm³/mol. The minimum absolute atomic E-state index is 0.0182. The van der Waals surface area contributed by atoms with E-state index in [-0.39, 0.29) is 6.04 Å². The summed E-state index contributed by atoms with van der Waals surface area (Å²) in [5.41, 5.74) is 2.06. The van der Waals surface area contributed by atoms with Gasteiger partial charge in [0.1, 0.15) is 0 Å². The quantitative estimate of drug-likeness (QED) is 0.700. The van der Waals surface area contributed by atoms with Gasteiger partial charge in [0.2, 0.25) is 5.96 Å². The number of alkyl carbamates (subject to hydrolysis) is 1. The van der Waals surface area contributed by atoms with Gasteiger partial charge in [0.05, 0.1) is 13.2 Å². The molecule has 2 rings (SSSR count). The van der Waals surface area contributed by atoms with Crippen molar-refractivity contribution >= 4 is 17.7 Å². The van der Waals surface area contributed by atoms with Crippen molar-refractivity contribution < 1.29 is 9.53 Å². The van der Waals surface area contributed by atoms with E-state index in [1.807, 2.05) is 31.2 Å². The highest BCUT2D eigenvalue weighted by Gasteiger charge is 2.18. The van der Waals surface area contributed by atoms with Crippen molar-refractivity contribution in [1.82, 2.24) is 5.32 Å². The van der Waals surface area contributed by atoms with Crippen LogP contribution in [0, 0.1) is 0 Å². The number of guanidine groups is 1. The number of rotatable bonds is 0. The van der Waals surface area contributed by atoms with Crippen LogP contribution in [0.1, 0.15) is 18.5 Å². The number of amides is 1. The van der Waals surface area contributed by atoms with Gasteiger partial charge in [-0.1, -0.05) is 18.2 Å². The Hall–Kier alpha value is -2.04. The molecular formula is C11H13N3O2. The van der Waals surface area contributed by atoms with Crippen molar-refractivity contribution in [1.29, 1.82) is 0 Å². The third-order valence-corrected chi connectivity index (χ3v) is 2.39. The Labute approximate surface area is 93.5 Å². The molecule has 0 aliphatic carbocycles. The average Bonchev–Trinajstić information content (AvgIpc) is 2.29. The molecule has 0 saturated heterocycles. The molecule has 0 aromatic heterocycles. The van der Waals surface area contributed by atoms with Crippen LogP contribution >= 0.6 is 0 Å². The second-order valence-corrected chi connectivity index (χ2v) is 3.48. The Bertz CT molecular complexity index is 443. The molecule has 2 N–H and O–H groups in total. The van der Waals surface area contributed by atoms with E-state index in [9.17, 15) is 4.79 Å². The molecule has 0 radical (unpaired) electrons. The van der Waals surface area contributed by atoms with E-state index < -0.39 is 6.09 Å². The summed E-state index contributed by atoms with van der Waals surface area (Å²) < 4.78 is 4.51. The van der Waals surface area contributed by atoms with Gasteiger partial charge in [-0.3, -0.25) is 5.32 Å². The van der Waals surface area contributed by atoms with Gasteiger partial charge in [-0.15, -0.1) is 0 Å². The molecule has 5 heteroatoms. The Morgan fingerprint density at radius 3 is 3.00 bits per heavy atom. The summed E-state index contributed by atoms with van der Waals surface area (Å²) in [6, 6.07) is 7.86. The minimum atomic E-state index is -0.530. The topological polar surface area (TPSA) is 62.7 Å². The van der Waals surface area contributed by atoms with E-state index in [1.165, 1.54) is 7.11 Å². The molecule has 5 nitrogen and oxygen atoms in total. The zero-order chi connectivity index (χ0) is 11.5. The van der Waals surface area contributed by atoms with Crippen LogP contribution in [0.25, 0.3) is 0 Å². The van der Waals surface area contributed by atoms with Crippen LogP contribution in [-0.4, -0.2) is 19.2 Å². The second-order valence-electron chi connectivity index (χ2n) is 3.48. The number of methoxy groups -OCH3 is 1. The number of carbonyl (C=O) groups excluding carboxylic acids is 1. The third kappa shape index (κ3) is 1.98. The van der Waals surface area contributed by atoms with E-state index in [0.717, 1.165) is 11.3 Å². The summed E-state index contributed by atoms with van der Waals surface area (Å²) in [4.78, 5) is 15.3. The zero-order valence-corrected chi connectivity index (χ0v) is 9.15. The number of ether oxygens (including phenoxy) is 1. The predicted octanol–water partition coefficient (Wildman–Crippen LogP) is 1.89. The number of nitrogens with one attached hydrogen (secondary N) is 2. The largest absolute Gasteiger partial charge is 0.453 e. The SMILES string of the molecule is COC(=O)NC1=N[C@@H](C)c2ccccc2N1. The number of nitrogens with zero attached hydrogens (tertiary/aromatic N) is 1. The average molecular weight is 219 g/mol. The lowest BCUT2D eigenvalue weighted by molar-refractivity contribution is 0.176. The van der Waals surface area contributed by atoms with Gasteiger partial charge in [0.15, 0.2) is 0 Å². The molecular weight excluding hydrogens is 206 g/mol. The molecule has 0 fully saturated rings. The third-order valence-electron chi connectivity index (χ3n) is 2.39. The Morgan fingerprint density at radius 1 is 1.50 bits per heavy atom. The summed E-state index contributed by atoms with van der Waals surface area (Å²) in [6.07, 6.45) is -0.530. The van der Waals surface area contributed by atoms with Crippen LogP contribution in [0.3, 0.4) is 0 Å². The molecule has 84 valence electrons. The van der Waals surface area contributed by atoms with Gasteiger partial charge in [0.25, 0.3) is 0 Å². The molecule has 1 aromatic rings. The normalized spacial score (nSPS) is 17.9. The molecule has 1 heterocycles. The van der Waals surface area contributed by atoms with Gasteiger partial charge < -0.3 is 10.1 Å². The summed E-state index contributed by atoms with van der Waals surface area (Å²) in [5, 5.41) is 5.55. The molecule has 0 unspecified atom stereocenters. The lowest BCUT2D eigenvalue weighted by Gasteiger charge is -2.22. The highest BCUT2D eigenvalue weighted by Crippen LogP contribution is 2.28. The van der Waals surface area contributed by atoms with Crippen LogP contribution < -0.4 is 10.6 Å². The second kappa shape index (κ2) is 4.22. The first-order valence-electron chi connectivity index (χ1n) is 4.99. The highest BCUT2D eigenvalue weighted by molar-refractivity contribution is 6.03. The maximum atomic E-state index is 11.0. The number of benzene rings is 1. The van der Waals surface area contributed by atoms with E-state index in [1.54, 1.807) is 0 Å². The van der Waals surface area contributed by atoms with E-state index >= 15 is 0 Å². The van der Waals surface area contributed by atoms with Crippen LogP contribution in [0.4, 0.5) is 10.5 Å². The lowest BCUT2D eigenvalue weighted by Crippen LogP contribution is -2.38. The molecule has 1 atom stereocenters. The standard InChI is InChI=1S/C11H13N3O2/c1-7-8-5-3-4-6-9(8)13-10(12-7)14-11(15)16-2/h3-7H,1-2H3,(H2,12,13,14,15)/t7-/m0/s1. The minimum Gasteiger partial charge on any atom is -0.453 e. The number of hydrogen-bond acceptors (Lipinski definition) is 4. The maximum Gasteiger partial charge on any atom is 0.413 e. The Balaban J connectivity index is 2.20. The van der Waals surface area contributed by atoms with Crippen LogP contribution in [0.5, 0.6) is 0 Å². The number of carbonyl (C=O) groups is 1. The van der Waals surface area contributed by atoms with Crippen molar-refractivity contribution in [2.75, 3.05) is 12.4 Å². The zero-order valence-electron chi connectivity index (χ0n) is 9.15. The van der Waals surface area contributed by atoms with Gasteiger partial charge in [-0.05, 0) is 18.6 Å². The van der Waals surface area contributed by atoms with Crippen LogP contribution in [0.2, 0.25) is 0 Å². The fourth-order valence-electron chi connectivity index (χ4n) is 1.61. The Morgan fingerprint density at radius 2 is 2.25 bits per heavy atom. The number of anilines is 1. The summed E-state index contributed by atoms with van der Waals surface area (Å²) in [5.74, 6) is 0.415. The van der Waals surface area contributed by atoms with Crippen molar-refractivity contribution in [3.63, 3.8) is 0 Å². The molecule has 1 amide bonds. The van der Waals surface area contributed by atoms with Crippen molar-refractivity contribution in [2.24, 2.45) is 4.99 Å². The molecule has 1 aliphatic rings. The first-order valence-corrected chi connectivity index (χ1v) is 4.99. The van der Waals surface area contributed by atoms with Crippen molar-refractivity contribution in [3.8, 4) is 0 Å². The number of hydrogen-bond donors (Lipinski definition) is 2. The van der Waals surface area contributed by atoms with E-state index in [0.29, 0.717) is 5.96 Å². The Kier molecular flexibility index (Phi) is 2.76. The van der Waals surface area contributed by atoms with Crippen molar-refractivity contribution in [2.45, 2.75) is 13.0 Å².